The van der Waals surface area contributed by atoms with E-state index in [1.165, 1.54) is 6.07 Å². The van der Waals surface area contributed by atoms with Gasteiger partial charge in [0.25, 0.3) is 0 Å². The van der Waals surface area contributed by atoms with E-state index in [0.29, 0.717) is 12.1 Å². The van der Waals surface area contributed by atoms with Gasteiger partial charge in [0.1, 0.15) is 5.82 Å². The van der Waals surface area contributed by atoms with Crippen LogP contribution in [0.15, 0.2) is 18.2 Å². The number of amides is 1. The third kappa shape index (κ3) is 4.69. The lowest BCUT2D eigenvalue weighted by Crippen LogP contribution is -2.50. The average molecular weight is 374 g/mol. The molecule has 0 bridgehead atoms. The molecular formula is C22H32FN3O. The molecule has 1 atom stereocenters. The van der Waals surface area contributed by atoms with Gasteiger partial charge in [-0.05, 0) is 82.3 Å². The minimum Gasteiger partial charge on any atom is -0.353 e. The van der Waals surface area contributed by atoms with Gasteiger partial charge < -0.3 is 5.32 Å². The van der Waals surface area contributed by atoms with Gasteiger partial charge in [-0.25, -0.2) is 4.39 Å². The van der Waals surface area contributed by atoms with E-state index in [0.717, 1.165) is 82.4 Å². The summed E-state index contributed by atoms with van der Waals surface area (Å²) in [6, 6.07) is 6.44. The quantitative estimate of drug-likeness (QED) is 0.862. The highest BCUT2D eigenvalue weighted by Crippen LogP contribution is 2.26. The van der Waals surface area contributed by atoms with Crippen LogP contribution in [0.3, 0.4) is 0 Å². The van der Waals surface area contributed by atoms with Gasteiger partial charge in [0.15, 0.2) is 0 Å². The van der Waals surface area contributed by atoms with Gasteiger partial charge in [0.2, 0.25) is 5.91 Å². The Bertz CT molecular complexity index is 668. The smallest absolute Gasteiger partial charge is 0.224 e. The van der Waals surface area contributed by atoms with Crippen molar-refractivity contribution >= 4 is 5.91 Å². The monoisotopic (exact) mass is 373 g/mol. The summed E-state index contributed by atoms with van der Waals surface area (Å²) in [7, 11) is 0. The van der Waals surface area contributed by atoms with Crippen LogP contribution in [0.4, 0.5) is 4.39 Å². The lowest BCUT2D eigenvalue weighted by molar-refractivity contribution is -0.127. The van der Waals surface area contributed by atoms with Crippen molar-refractivity contribution in [2.24, 2.45) is 5.92 Å². The number of carbonyl (C=O) groups excluding carboxylic acids is 1. The third-order valence-corrected chi connectivity index (χ3v) is 6.59. The zero-order valence-corrected chi connectivity index (χ0v) is 16.4. The Balaban J connectivity index is 1.27. The van der Waals surface area contributed by atoms with Gasteiger partial charge in [0, 0.05) is 25.2 Å². The van der Waals surface area contributed by atoms with E-state index < -0.39 is 0 Å². The Kier molecular flexibility index (Phi) is 5.79. The molecule has 1 aromatic rings. The first-order valence-electron chi connectivity index (χ1n) is 10.6. The molecule has 0 aromatic heterocycles. The van der Waals surface area contributed by atoms with Gasteiger partial charge >= 0.3 is 0 Å². The number of carbonyl (C=O) groups is 1. The minimum atomic E-state index is -0.105. The number of rotatable bonds is 5. The highest BCUT2D eigenvalue weighted by molar-refractivity contribution is 5.79. The second-order valence-corrected chi connectivity index (χ2v) is 8.65. The first-order chi connectivity index (χ1) is 13.1. The maximum absolute atomic E-state index is 13.8. The van der Waals surface area contributed by atoms with Crippen molar-refractivity contribution in [1.82, 2.24) is 15.1 Å². The molecule has 2 heterocycles. The molecule has 0 unspecified atom stereocenters. The van der Waals surface area contributed by atoms with Crippen LogP contribution in [0.5, 0.6) is 0 Å². The lowest BCUT2D eigenvalue weighted by Gasteiger charge is -2.42. The average Bonchev–Trinajstić information content (AvgIpc) is 3.50. The van der Waals surface area contributed by atoms with E-state index in [4.69, 9.17) is 0 Å². The summed E-state index contributed by atoms with van der Waals surface area (Å²) < 4.78 is 13.8. The summed E-state index contributed by atoms with van der Waals surface area (Å²) in [4.78, 5) is 17.4. The largest absolute Gasteiger partial charge is 0.353 e. The molecule has 1 saturated carbocycles. The molecule has 1 aromatic carbocycles. The summed E-state index contributed by atoms with van der Waals surface area (Å²) in [5, 5.41) is 3.19. The van der Waals surface area contributed by atoms with Crippen molar-refractivity contribution < 1.29 is 9.18 Å². The maximum atomic E-state index is 13.8. The maximum Gasteiger partial charge on any atom is 0.224 e. The van der Waals surface area contributed by atoms with E-state index in [1.807, 2.05) is 19.1 Å². The van der Waals surface area contributed by atoms with Crippen molar-refractivity contribution in [1.29, 1.82) is 0 Å². The molecule has 3 aliphatic rings. The van der Waals surface area contributed by atoms with E-state index in [9.17, 15) is 9.18 Å². The number of nitrogens with one attached hydrogen (secondary N) is 1. The van der Waals surface area contributed by atoms with Gasteiger partial charge in [-0.3, -0.25) is 14.6 Å². The second kappa shape index (κ2) is 8.27. The summed E-state index contributed by atoms with van der Waals surface area (Å²) in [6.07, 6.45) is 6.77. The normalized spacial score (nSPS) is 25.5. The van der Waals surface area contributed by atoms with Crippen molar-refractivity contribution in [2.75, 3.05) is 26.2 Å². The Labute approximate surface area is 162 Å². The van der Waals surface area contributed by atoms with Gasteiger partial charge in [-0.2, -0.15) is 0 Å². The molecule has 0 radical (unpaired) electrons. The van der Waals surface area contributed by atoms with E-state index >= 15 is 0 Å². The Hall–Kier alpha value is -1.46. The van der Waals surface area contributed by atoms with Crippen LogP contribution in [0.2, 0.25) is 0 Å². The Morgan fingerprint density at radius 3 is 2.67 bits per heavy atom. The number of hydrogen-bond acceptors (Lipinski definition) is 3. The fourth-order valence-corrected chi connectivity index (χ4v) is 4.61. The van der Waals surface area contributed by atoms with Crippen LogP contribution in [-0.4, -0.2) is 54.0 Å². The first-order valence-corrected chi connectivity index (χ1v) is 10.6. The van der Waals surface area contributed by atoms with Crippen molar-refractivity contribution in [3.8, 4) is 0 Å². The van der Waals surface area contributed by atoms with Crippen LogP contribution in [0, 0.1) is 18.7 Å². The third-order valence-electron chi connectivity index (χ3n) is 6.59. The topological polar surface area (TPSA) is 35.6 Å². The minimum absolute atomic E-state index is 0.105. The molecule has 2 aliphatic heterocycles. The number of benzene rings is 1. The predicted molar refractivity (Wildman–Crippen MR) is 105 cm³/mol. The first kappa shape index (κ1) is 18.9. The molecule has 148 valence electrons. The molecular weight excluding hydrogens is 341 g/mol. The van der Waals surface area contributed by atoms with Gasteiger partial charge in [-0.15, -0.1) is 0 Å². The standard InChI is InChI=1S/C22H32FN3O/c1-16-17(4-2-6-21(16)23)14-25-12-9-20(10-13-25)26-11-3-5-18(15-26)22(27)24-19-7-8-19/h2,4,6,18-20H,3,5,7-15H2,1H3,(H,24,27)/t18-/m0/s1. The molecule has 4 rings (SSSR count). The number of hydrogen-bond donors (Lipinski definition) is 1. The highest BCUT2D eigenvalue weighted by Gasteiger charge is 2.33. The van der Waals surface area contributed by atoms with Crippen LogP contribution < -0.4 is 5.32 Å². The zero-order chi connectivity index (χ0) is 18.8. The highest BCUT2D eigenvalue weighted by atomic mass is 19.1. The van der Waals surface area contributed by atoms with Gasteiger partial charge in [-0.1, -0.05) is 12.1 Å². The SMILES string of the molecule is Cc1c(F)cccc1CN1CCC(N2CCC[C@H](C(=O)NC3CC3)C2)CC1. The van der Waals surface area contributed by atoms with Crippen LogP contribution in [-0.2, 0) is 11.3 Å². The molecule has 1 N–H and O–H groups in total. The molecule has 4 nitrogen and oxygen atoms in total. The van der Waals surface area contributed by atoms with E-state index in [-0.39, 0.29) is 17.6 Å². The van der Waals surface area contributed by atoms with Crippen molar-refractivity contribution in [2.45, 2.75) is 64.1 Å². The second-order valence-electron chi connectivity index (χ2n) is 8.65. The Morgan fingerprint density at radius 2 is 1.93 bits per heavy atom. The summed E-state index contributed by atoms with van der Waals surface area (Å²) >= 11 is 0. The summed E-state index contributed by atoms with van der Waals surface area (Å²) in [6.45, 7) is 6.86. The fraction of sp³-hybridized carbons (Fsp3) is 0.682. The van der Waals surface area contributed by atoms with E-state index in [2.05, 4.69) is 15.1 Å². The molecule has 0 spiro atoms. The number of nitrogens with zero attached hydrogens (tertiary/aromatic N) is 2. The van der Waals surface area contributed by atoms with Crippen molar-refractivity contribution in [3.05, 3.63) is 35.1 Å². The van der Waals surface area contributed by atoms with Crippen LogP contribution in [0.25, 0.3) is 0 Å². The van der Waals surface area contributed by atoms with Crippen LogP contribution in [0.1, 0.15) is 49.7 Å². The van der Waals surface area contributed by atoms with Gasteiger partial charge in [0.05, 0.1) is 5.92 Å². The number of likely N-dealkylation sites (tertiary alicyclic amines) is 2. The molecule has 27 heavy (non-hydrogen) atoms. The molecule has 3 fully saturated rings. The number of halogens is 1. The molecule has 1 aliphatic carbocycles. The molecule has 2 saturated heterocycles. The van der Waals surface area contributed by atoms with Crippen molar-refractivity contribution in [3.63, 3.8) is 0 Å². The molecule has 5 heteroatoms. The molecule has 1 amide bonds. The number of piperidine rings is 2. The summed E-state index contributed by atoms with van der Waals surface area (Å²) in [5.41, 5.74) is 1.88. The summed E-state index contributed by atoms with van der Waals surface area (Å²) in [5.74, 6) is 0.347. The lowest BCUT2D eigenvalue weighted by atomic mass is 9.93. The zero-order valence-electron chi connectivity index (χ0n) is 16.4. The van der Waals surface area contributed by atoms with E-state index in [1.54, 1.807) is 0 Å². The Morgan fingerprint density at radius 1 is 1.15 bits per heavy atom. The fourth-order valence-electron chi connectivity index (χ4n) is 4.61. The predicted octanol–water partition coefficient (Wildman–Crippen LogP) is 3.09. The van der Waals surface area contributed by atoms with Crippen LogP contribution >= 0.6 is 0 Å².